The molecule has 14 heavy (non-hydrogen) atoms. The lowest BCUT2D eigenvalue weighted by molar-refractivity contribution is 1.14. The van der Waals surface area contributed by atoms with Gasteiger partial charge in [-0.3, -0.25) is 0 Å². The van der Waals surface area contributed by atoms with Crippen molar-refractivity contribution in [2.75, 3.05) is 0 Å². The average molecular weight is 247 g/mol. The zero-order valence-corrected chi connectivity index (χ0v) is 9.42. The van der Waals surface area contributed by atoms with Crippen LogP contribution in [-0.2, 0) is 0 Å². The van der Waals surface area contributed by atoms with Crippen molar-refractivity contribution in [2.24, 2.45) is 0 Å². The highest BCUT2D eigenvalue weighted by atomic mass is 79.9. The van der Waals surface area contributed by atoms with Crippen LogP contribution in [0.1, 0.15) is 24.3 Å². The second-order valence-corrected chi connectivity index (χ2v) is 4.94. The van der Waals surface area contributed by atoms with Gasteiger partial charge in [0.1, 0.15) is 0 Å². The fraction of sp³-hybridized carbons (Fsp3) is 0.231. The first-order valence-corrected chi connectivity index (χ1v) is 5.81. The van der Waals surface area contributed by atoms with Crippen LogP contribution in [0.2, 0.25) is 0 Å². The van der Waals surface area contributed by atoms with Crippen molar-refractivity contribution in [1.82, 2.24) is 0 Å². The van der Waals surface area contributed by atoms with Crippen LogP contribution in [0, 0.1) is 0 Å². The Bertz CT molecular complexity index is 484. The number of hydrogen-bond acceptors (Lipinski definition) is 0. The highest BCUT2D eigenvalue weighted by molar-refractivity contribution is 9.10. The summed E-state index contributed by atoms with van der Waals surface area (Å²) in [5, 5.41) is 2.68. The Morgan fingerprint density at radius 2 is 1.64 bits per heavy atom. The summed E-state index contributed by atoms with van der Waals surface area (Å²) in [6.07, 6.45) is 2.75. The van der Waals surface area contributed by atoms with Crippen LogP contribution in [-0.4, -0.2) is 0 Å². The molecular weight excluding hydrogens is 236 g/mol. The third-order valence-electron chi connectivity index (χ3n) is 2.88. The second kappa shape index (κ2) is 3.09. The molecule has 1 fully saturated rings. The lowest BCUT2D eigenvalue weighted by Gasteiger charge is -2.02. The number of halogens is 1. The Morgan fingerprint density at radius 3 is 2.43 bits per heavy atom. The quantitative estimate of drug-likeness (QED) is 0.696. The monoisotopic (exact) mass is 246 g/mol. The van der Waals surface area contributed by atoms with E-state index >= 15 is 0 Å². The van der Waals surface area contributed by atoms with Gasteiger partial charge in [0.15, 0.2) is 0 Å². The molecule has 0 aliphatic heterocycles. The molecule has 1 heteroatoms. The highest BCUT2D eigenvalue weighted by Gasteiger charge is 2.23. The van der Waals surface area contributed by atoms with Crippen molar-refractivity contribution in [1.29, 1.82) is 0 Å². The van der Waals surface area contributed by atoms with Gasteiger partial charge in [-0.1, -0.05) is 40.2 Å². The zero-order valence-electron chi connectivity index (χ0n) is 7.83. The van der Waals surface area contributed by atoms with E-state index in [1.807, 2.05) is 0 Å². The SMILES string of the molecule is Brc1ccc2cc(C3CC3)ccc2c1. The van der Waals surface area contributed by atoms with Gasteiger partial charge in [-0.25, -0.2) is 0 Å². The largest absolute Gasteiger partial charge is 0.0581 e. The third-order valence-corrected chi connectivity index (χ3v) is 3.37. The van der Waals surface area contributed by atoms with Crippen LogP contribution in [0.15, 0.2) is 40.9 Å². The van der Waals surface area contributed by atoms with Crippen LogP contribution in [0.4, 0.5) is 0 Å². The first-order chi connectivity index (χ1) is 6.83. The minimum absolute atomic E-state index is 0.850. The van der Waals surface area contributed by atoms with Crippen LogP contribution in [0.3, 0.4) is 0 Å². The highest BCUT2D eigenvalue weighted by Crippen LogP contribution is 2.40. The summed E-state index contributed by atoms with van der Waals surface area (Å²) in [5.41, 5.74) is 1.51. The predicted molar refractivity (Wildman–Crippen MR) is 63.6 cm³/mol. The van der Waals surface area contributed by atoms with Crippen molar-refractivity contribution >= 4 is 26.7 Å². The molecule has 1 saturated carbocycles. The summed E-state index contributed by atoms with van der Waals surface area (Å²) < 4.78 is 1.16. The average Bonchev–Trinajstić information content (AvgIpc) is 3.00. The molecule has 0 atom stereocenters. The Hall–Kier alpha value is -0.820. The summed E-state index contributed by atoms with van der Waals surface area (Å²) in [6, 6.07) is 13.3. The Kier molecular flexibility index (Phi) is 1.88. The van der Waals surface area contributed by atoms with Crippen LogP contribution in [0.25, 0.3) is 10.8 Å². The summed E-state index contributed by atoms with van der Waals surface area (Å²) in [6.45, 7) is 0. The smallest absolute Gasteiger partial charge is 0.0181 e. The molecule has 0 unspecified atom stereocenters. The zero-order chi connectivity index (χ0) is 9.54. The molecule has 0 bridgehead atoms. The standard InChI is InChI=1S/C13H11Br/c14-13-6-5-11-7-10(9-1-2-9)3-4-12(11)8-13/h3-9H,1-2H2. The van der Waals surface area contributed by atoms with Gasteiger partial charge in [0, 0.05) is 4.47 Å². The van der Waals surface area contributed by atoms with Gasteiger partial charge in [-0.05, 0) is 47.2 Å². The van der Waals surface area contributed by atoms with E-state index < -0.39 is 0 Å². The normalized spacial score (nSPS) is 16.1. The molecule has 0 saturated heterocycles. The number of benzene rings is 2. The van der Waals surface area contributed by atoms with Gasteiger partial charge < -0.3 is 0 Å². The molecule has 3 rings (SSSR count). The molecule has 0 N–H and O–H groups in total. The van der Waals surface area contributed by atoms with Crippen molar-refractivity contribution in [3.63, 3.8) is 0 Å². The van der Waals surface area contributed by atoms with Crippen molar-refractivity contribution in [3.05, 3.63) is 46.4 Å². The van der Waals surface area contributed by atoms with Crippen molar-refractivity contribution in [3.8, 4) is 0 Å². The van der Waals surface area contributed by atoms with Gasteiger partial charge in [0.25, 0.3) is 0 Å². The van der Waals surface area contributed by atoms with Crippen LogP contribution in [0.5, 0.6) is 0 Å². The van der Waals surface area contributed by atoms with E-state index in [4.69, 9.17) is 0 Å². The fourth-order valence-electron chi connectivity index (χ4n) is 1.91. The summed E-state index contributed by atoms with van der Waals surface area (Å²) in [4.78, 5) is 0. The topological polar surface area (TPSA) is 0 Å². The molecule has 0 amide bonds. The first kappa shape index (κ1) is 8.49. The number of fused-ring (bicyclic) bond motifs is 1. The molecule has 0 radical (unpaired) electrons. The van der Waals surface area contributed by atoms with Gasteiger partial charge in [0.05, 0.1) is 0 Å². The maximum Gasteiger partial charge on any atom is 0.0181 e. The van der Waals surface area contributed by atoms with Gasteiger partial charge in [-0.15, -0.1) is 0 Å². The van der Waals surface area contributed by atoms with E-state index in [9.17, 15) is 0 Å². The molecular formula is C13H11Br. The Labute approximate surface area is 92.1 Å². The van der Waals surface area contributed by atoms with E-state index in [0.717, 1.165) is 10.4 Å². The number of rotatable bonds is 1. The Balaban J connectivity index is 2.18. The molecule has 0 spiro atoms. The second-order valence-electron chi connectivity index (χ2n) is 4.03. The van der Waals surface area contributed by atoms with E-state index in [1.165, 1.54) is 29.2 Å². The van der Waals surface area contributed by atoms with Crippen molar-refractivity contribution in [2.45, 2.75) is 18.8 Å². The third kappa shape index (κ3) is 1.46. The molecule has 1 aliphatic rings. The summed E-state index contributed by atoms with van der Waals surface area (Å²) >= 11 is 3.49. The van der Waals surface area contributed by atoms with Gasteiger partial charge in [-0.2, -0.15) is 0 Å². The minimum atomic E-state index is 0.850. The molecule has 70 valence electrons. The lowest BCUT2D eigenvalue weighted by Crippen LogP contribution is -1.79. The van der Waals surface area contributed by atoms with Crippen LogP contribution < -0.4 is 0 Å². The molecule has 2 aromatic carbocycles. The molecule has 0 heterocycles. The van der Waals surface area contributed by atoms with Crippen LogP contribution >= 0.6 is 15.9 Å². The van der Waals surface area contributed by atoms with E-state index in [-0.39, 0.29) is 0 Å². The summed E-state index contributed by atoms with van der Waals surface area (Å²) in [5.74, 6) is 0.850. The lowest BCUT2D eigenvalue weighted by atomic mass is 10.0. The molecule has 0 aromatic heterocycles. The minimum Gasteiger partial charge on any atom is -0.0581 e. The summed E-state index contributed by atoms with van der Waals surface area (Å²) in [7, 11) is 0. The molecule has 2 aromatic rings. The Morgan fingerprint density at radius 1 is 0.929 bits per heavy atom. The van der Waals surface area contributed by atoms with Gasteiger partial charge in [0.2, 0.25) is 0 Å². The maximum absolute atomic E-state index is 3.49. The van der Waals surface area contributed by atoms with E-state index in [0.29, 0.717) is 0 Å². The van der Waals surface area contributed by atoms with E-state index in [1.54, 1.807) is 0 Å². The van der Waals surface area contributed by atoms with Crippen molar-refractivity contribution < 1.29 is 0 Å². The maximum atomic E-state index is 3.49. The van der Waals surface area contributed by atoms with E-state index in [2.05, 4.69) is 52.3 Å². The number of hydrogen-bond donors (Lipinski definition) is 0. The fourth-order valence-corrected chi connectivity index (χ4v) is 2.28. The molecule has 0 nitrogen and oxygen atoms in total. The molecule has 1 aliphatic carbocycles. The van der Waals surface area contributed by atoms with Gasteiger partial charge >= 0.3 is 0 Å². The predicted octanol–water partition coefficient (Wildman–Crippen LogP) is 4.48. The first-order valence-electron chi connectivity index (χ1n) is 5.02.